The minimum absolute atomic E-state index is 0.0909. The molecular formula is C24H26O2Sn. The van der Waals surface area contributed by atoms with E-state index in [-0.39, 0.29) is 5.97 Å². The average molecular weight is 465 g/mol. The van der Waals surface area contributed by atoms with Crippen molar-refractivity contribution in [3.63, 3.8) is 0 Å². The van der Waals surface area contributed by atoms with Gasteiger partial charge in [0, 0.05) is 0 Å². The number of carbonyl (C=O) groups is 1. The molecule has 0 fully saturated rings. The van der Waals surface area contributed by atoms with Crippen molar-refractivity contribution in [2.24, 2.45) is 0 Å². The van der Waals surface area contributed by atoms with Gasteiger partial charge in [-0.15, -0.1) is 0 Å². The first kappa shape index (κ1) is 19.7. The summed E-state index contributed by atoms with van der Waals surface area (Å²) in [5, 5.41) is 0. The van der Waals surface area contributed by atoms with E-state index in [0.717, 1.165) is 10.9 Å². The molecule has 0 saturated carbocycles. The van der Waals surface area contributed by atoms with Crippen LogP contribution in [0, 0.1) is 0 Å². The van der Waals surface area contributed by atoms with Crippen LogP contribution in [0.25, 0.3) is 0 Å². The van der Waals surface area contributed by atoms with Crippen LogP contribution in [0.4, 0.5) is 0 Å². The van der Waals surface area contributed by atoms with E-state index in [1.165, 1.54) is 10.7 Å². The van der Waals surface area contributed by atoms with Gasteiger partial charge in [-0.2, -0.15) is 0 Å². The third kappa shape index (κ3) is 4.62. The SMILES string of the molecule is CCOC(=O)CC[CH2][Sn]([c]1ccccc1)([c]1ccccc1)[c]1ccccc1. The van der Waals surface area contributed by atoms with E-state index < -0.39 is 18.4 Å². The summed E-state index contributed by atoms with van der Waals surface area (Å²) < 4.78 is 10.6. The Morgan fingerprint density at radius 1 is 0.741 bits per heavy atom. The molecule has 0 aliphatic rings. The summed E-state index contributed by atoms with van der Waals surface area (Å²) in [5.74, 6) is -0.0909. The van der Waals surface area contributed by atoms with E-state index in [4.69, 9.17) is 4.74 Å². The Hall–Kier alpha value is -2.07. The van der Waals surface area contributed by atoms with Gasteiger partial charge in [0.1, 0.15) is 0 Å². The van der Waals surface area contributed by atoms with Crippen molar-refractivity contribution in [1.82, 2.24) is 0 Å². The van der Waals surface area contributed by atoms with E-state index in [2.05, 4.69) is 91.0 Å². The Balaban J connectivity index is 2.07. The van der Waals surface area contributed by atoms with Crippen molar-refractivity contribution in [2.75, 3.05) is 6.61 Å². The van der Waals surface area contributed by atoms with Crippen LogP contribution >= 0.6 is 0 Å². The van der Waals surface area contributed by atoms with Crippen molar-refractivity contribution < 1.29 is 9.53 Å². The molecule has 0 aliphatic carbocycles. The molecule has 138 valence electrons. The Kier molecular flexibility index (Phi) is 7.10. The van der Waals surface area contributed by atoms with Gasteiger partial charge in [0.05, 0.1) is 0 Å². The Morgan fingerprint density at radius 2 is 1.15 bits per heavy atom. The number of benzene rings is 3. The molecule has 3 aromatic carbocycles. The minimum atomic E-state index is -3.21. The van der Waals surface area contributed by atoms with Crippen LogP contribution in [0.1, 0.15) is 19.8 Å². The van der Waals surface area contributed by atoms with Gasteiger partial charge in [-0.3, -0.25) is 0 Å². The van der Waals surface area contributed by atoms with Crippen molar-refractivity contribution in [1.29, 1.82) is 0 Å². The molecule has 0 amide bonds. The number of hydrogen-bond donors (Lipinski definition) is 0. The van der Waals surface area contributed by atoms with Crippen LogP contribution in [-0.2, 0) is 9.53 Å². The Labute approximate surface area is 166 Å². The predicted molar refractivity (Wildman–Crippen MR) is 115 cm³/mol. The van der Waals surface area contributed by atoms with Crippen molar-refractivity contribution in [3.05, 3.63) is 91.0 Å². The zero-order valence-electron chi connectivity index (χ0n) is 15.8. The molecular weight excluding hydrogens is 439 g/mol. The molecule has 0 radical (unpaired) electrons. The van der Waals surface area contributed by atoms with E-state index in [1.54, 1.807) is 0 Å². The van der Waals surface area contributed by atoms with Crippen molar-refractivity contribution in [3.8, 4) is 0 Å². The summed E-state index contributed by atoms with van der Waals surface area (Å²) in [6.45, 7) is 2.31. The standard InChI is InChI=1S/C6H11O2.3C6H5.Sn/c1-3-5-6(7)8-4-2;3*1-2-4-6-5-3-1;/h1,3-5H2,2H3;3*1-5H;. The number of carbonyl (C=O) groups excluding carboxylic acids is 1. The zero-order chi connectivity index (χ0) is 19.0. The predicted octanol–water partition coefficient (Wildman–Crippen LogP) is 3.50. The van der Waals surface area contributed by atoms with Crippen LogP contribution < -0.4 is 10.7 Å². The molecule has 0 N–H and O–H groups in total. The quantitative estimate of drug-likeness (QED) is 0.376. The summed E-state index contributed by atoms with van der Waals surface area (Å²) in [5.41, 5.74) is 0. The van der Waals surface area contributed by atoms with E-state index in [9.17, 15) is 4.79 Å². The molecule has 0 heterocycles. The van der Waals surface area contributed by atoms with Gasteiger partial charge in [0.25, 0.3) is 0 Å². The maximum absolute atomic E-state index is 11.9. The van der Waals surface area contributed by atoms with E-state index in [0.29, 0.717) is 13.0 Å². The van der Waals surface area contributed by atoms with Gasteiger partial charge < -0.3 is 0 Å². The van der Waals surface area contributed by atoms with E-state index in [1.807, 2.05) is 6.92 Å². The fourth-order valence-corrected chi connectivity index (χ4v) is 17.7. The Bertz CT molecular complexity index is 735. The first-order valence-corrected chi connectivity index (χ1v) is 15.9. The molecule has 3 rings (SSSR count). The average Bonchev–Trinajstić information content (AvgIpc) is 2.73. The fourth-order valence-electron chi connectivity index (χ4n) is 3.83. The van der Waals surface area contributed by atoms with Crippen LogP contribution in [0.2, 0.25) is 4.44 Å². The van der Waals surface area contributed by atoms with Gasteiger partial charge in [-0.25, -0.2) is 0 Å². The van der Waals surface area contributed by atoms with Crippen LogP contribution in [0.3, 0.4) is 0 Å². The van der Waals surface area contributed by atoms with Gasteiger partial charge in [-0.05, 0) is 0 Å². The summed E-state index contributed by atoms with van der Waals surface area (Å²) in [4.78, 5) is 11.9. The molecule has 2 nitrogen and oxygen atoms in total. The van der Waals surface area contributed by atoms with Gasteiger partial charge in [0.2, 0.25) is 0 Å². The third-order valence-corrected chi connectivity index (χ3v) is 19.5. The van der Waals surface area contributed by atoms with Gasteiger partial charge in [0.15, 0.2) is 0 Å². The summed E-state index contributed by atoms with van der Waals surface area (Å²) in [6.07, 6.45) is 1.34. The normalized spacial score (nSPS) is 11.1. The van der Waals surface area contributed by atoms with Crippen molar-refractivity contribution >= 4 is 35.1 Å². The fraction of sp³-hybridized carbons (Fsp3) is 0.208. The summed E-state index contributed by atoms with van der Waals surface area (Å²) >= 11 is -3.21. The molecule has 27 heavy (non-hydrogen) atoms. The molecule has 3 heteroatoms. The van der Waals surface area contributed by atoms with Gasteiger partial charge >= 0.3 is 166 Å². The molecule has 0 atom stereocenters. The van der Waals surface area contributed by atoms with Crippen LogP contribution in [-0.4, -0.2) is 31.0 Å². The molecule has 0 aliphatic heterocycles. The number of hydrogen-bond acceptors (Lipinski definition) is 2. The monoisotopic (exact) mass is 466 g/mol. The molecule has 0 unspecified atom stereocenters. The second kappa shape index (κ2) is 9.75. The molecule has 0 bridgehead atoms. The molecule has 0 spiro atoms. The second-order valence-corrected chi connectivity index (χ2v) is 18.2. The number of esters is 1. The number of ether oxygens (including phenoxy) is 1. The molecule has 3 aromatic rings. The maximum atomic E-state index is 11.9. The zero-order valence-corrected chi connectivity index (χ0v) is 18.7. The topological polar surface area (TPSA) is 26.3 Å². The number of rotatable bonds is 8. The summed E-state index contributed by atoms with van der Waals surface area (Å²) in [6, 6.07) is 32.7. The summed E-state index contributed by atoms with van der Waals surface area (Å²) in [7, 11) is 0. The van der Waals surface area contributed by atoms with Crippen LogP contribution in [0.15, 0.2) is 91.0 Å². The molecule has 0 aromatic heterocycles. The first-order chi connectivity index (χ1) is 13.3. The van der Waals surface area contributed by atoms with Gasteiger partial charge in [-0.1, -0.05) is 0 Å². The third-order valence-electron chi connectivity index (χ3n) is 5.04. The van der Waals surface area contributed by atoms with Crippen molar-refractivity contribution in [2.45, 2.75) is 24.2 Å². The first-order valence-electron chi connectivity index (χ1n) is 9.59. The second-order valence-electron chi connectivity index (χ2n) is 6.66. The molecule has 0 saturated heterocycles. The van der Waals surface area contributed by atoms with Crippen LogP contribution in [0.5, 0.6) is 0 Å². The van der Waals surface area contributed by atoms with E-state index >= 15 is 0 Å². The Morgan fingerprint density at radius 3 is 1.52 bits per heavy atom.